The summed E-state index contributed by atoms with van der Waals surface area (Å²) in [5.41, 5.74) is 2.24. The summed E-state index contributed by atoms with van der Waals surface area (Å²) in [5.74, 6) is 1.65. The summed E-state index contributed by atoms with van der Waals surface area (Å²) in [7, 11) is -4.04. The fourth-order valence-corrected chi connectivity index (χ4v) is 4.49. The smallest absolute Gasteiger partial charge is 0.386 e. The predicted molar refractivity (Wildman–Crippen MR) is 125 cm³/mol. The molecule has 0 spiro atoms. The van der Waals surface area contributed by atoms with Crippen molar-refractivity contribution in [3.63, 3.8) is 0 Å². The Balaban J connectivity index is 1.69. The van der Waals surface area contributed by atoms with E-state index in [1.165, 1.54) is 0 Å². The molecule has 0 N–H and O–H groups in total. The number of benzene rings is 4. The van der Waals surface area contributed by atoms with E-state index in [1.807, 2.05) is 67.6 Å². The van der Waals surface area contributed by atoms with Crippen LogP contribution in [0.4, 0.5) is 0 Å². The first-order chi connectivity index (χ1) is 14.9. The number of hydrogen-bond acceptors (Lipinski definition) is 4. The van der Waals surface area contributed by atoms with Gasteiger partial charge in [0.25, 0.3) is 0 Å². The third kappa shape index (κ3) is 5.10. The van der Waals surface area contributed by atoms with Gasteiger partial charge in [-0.3, -0.25) is 0 Å². The first kappa shape index (κ1) is 21.0. The van der Waals surface area contributed by atoms with E-state index in [4.69, 9.17) is 13.6 Å². The van der Waals surface area contributed by atoms with Crippen molar-refractivity contribution < 1.29 is 18.1 Å². The summed E-state index contributed by atoms with van der Waals surface area (Å²) >= 11 is 0. The highest BCUT2D eigenvalue weighted by Gasteiger charge is 2.33. The third-order valence-corrected chi connectivity index (χ3v) is 6.25. The van der Waals surface area contributed by atoms with Crippen molar-refractivity contribution in [2.75, 3.05) is 0 Å². The molecule has 158 valence electrons. The summed E-state index contributed by atoms with van der Waals surface area (Å²) in [5, 5.41) is 1.81. The highest BCUT2D eigenvalue weighted by molar-refractivity contribution is 7.49. The minimum absolute atomic E-state index is 0.386. The maximum absolute atomic E-state index is 13.8. The standard InChI is InChI=1S/C26H25O4P/c1-19(2)21-13-17-24(18-14-21)29-31(27,28-23-15-11-20(3)12-16-23)30-26-10-6-8-22-7-4-5-9-25(22)26/h4-19H,1-3H3. The maximum atomic E-state index is 13.8. The van der Waals surface area contributed by atoms with E-state index < -0.39 is 7.82 Å². The minimum atomic E-state index is -4.04. The molecule has 0 radical (unpaired) electrons. The highest BCUT2D eigenvalue weighted by Crippen LogP contribution is 2.51. The van der Waals surface area contributed by atoms with Crippen LogP contribution in [0.2, 0.25) is 0 Å². The van der Waals surface area contributed by atoms with Crippen molar-refractivity contribution in [2.24, 2.45) is 0 Å². The van der Waals surface area contributed by atoms with Crippen LogP contribution in [0, 0.1) is 6.92 Å². The molecule has 0 heterocycles. The Bertz CT molecular complexity index is 1210. The van der Waals surface area contributed by atoms with E-state index in [0.717, 1.165) is 21.9 Å². The van der Waals surface area contributed by atoms with E-state index in [0.29, 0.717) is 23.2 Å². The lowest BCUT2D eigenvalue weighted by Gasteiger charge is -2.20. The van der Waals surface area contributed by atoms with E-state index in [2.05, 4.69) is 13.8 Å². The predicted octanol–water partition coefficient (Wildman–Crippen LogP) is 7.92. The molecule has 0 bridgehead atoms. The number of aryl methyl sites for hydroxylation is 1. The van der Waals surface area contributed by atoms with Gasteiger partial charge in [-0.15, -0.1) is 0 Å². The summed E-state index contributed by atoms with van der Waals surface area (Å²) in [6.07, 6.45) is 0. The molecule has 4 nitrogen and oxygen atoms in total. The first-order valence-electron chi connectivity index (χ1n) is 10.3. The van der Waals surface area contributed by atoms with Gasteiger partial charge in [0.05, 0.1) is 0 Å². The largest absolute Gasteiger partial charge is 0.647 e. The molecular formula is C26H25O4P. The third-order valence-electron chi connectivity index (χ3n) is 4.96. The van der Waals surface area contributed by atoms with Crippen LogP contribution < -0.4 is 13.6 Å². The molecule has 0 saturated carbocycles. The monoisotopic (exact) mass is 432 g/mol. The number of phosphoric acid groups is 1. The van der Waals surface area contributed by atoms with Gasteiger partial charge in [-0.05, 0) is 54.1 Å². The van der Waals surface area contributed by atoms with Crippen LogP contribution in [-0.2, 0) is 4.57 Å². The second-order valence-corrected chi connectivity index (χ2v) is 9.18. The second kappa shape index (κ2) is 8.87. The number of rotatable bonds is 7. The molecule has 0 saturated heterocycles. The second-order valence-electron chi connectivity index (χ2n) is 7.74. The molecule has 0 aliphatic heterocycles. The van der Waals surface area contributed by atoms with E-state index in [-0.39, 0.29) is 0 Å². The maximum Gasteiger partial charge on any atom is 0.647 e. The Hall–Kier alpha value is -3.23. The Kier molecular flexibility index (Phi) is 6.01. The van der Waals surface area contributed by atoms with Gasteiger partial charge in [0.15, 0.2) is 0 Å². The summed E-state index contributed by atoms with van der Waals surface area (Å²) < 4.78 is 31.4. The molecule has 0 amide bonds. The molecule has 1 unspecified atom stereocenters. The SMILES string of the molecule is Cc1ccc(OP(=O)(Oc2ccc(C(C)C)cc2)Oc2cccc3ccccc23)cc1. The Morgan fingerprint density at radius 2 is 1.26 bits per heavy atom. The lowest BCUT2D eigenvalue weighted by molar-refractivity contribution is 0.299. The van der Waals surface area contributed by atoms with Crippen LogP contribution in [0.25, 0.3) is 10.8 Å². The highest BCUT2D eigenvalue weighted by atomic mass is 31.2. The normalized spacial score (nSPS) is 13.0. The lowest BCUT2D eigenvalue weighted by atomic mass is 10.0. The number of fused-ring (bicyclic) bond motifs is 1. The molecule has 1 atom stereocenters. The van der Waals surface area contributed by atoms with Crippen molar-refractivity contribution in [1.82, 2.24) is 0 Å². The van der Waals surface area contributed by atoms with E-state index in [1.54, 1.807) is 30.3 Å². The molecule has 4 aromatic rings. The average Bonchev–Trinajstić information content (AvgIpc) is 2.76. The van der Waals surface area contributed by atoms with Crippen molar-refractivity contribution in [3.8, 4) is 17.2 Å². The fraction of sp³-hybridized carbons (Fsp3) is 0.154. The first-order valence-corrected chi connectivity index (χ1v) is 11.7. The Morgan fingerprint density at radius 3 is 1.90 bits per heavy atom. The van der Waals surface area contributed by atoms with Crippen LogP contribution in [0.15, 0.2) is 91.0 Å². The fourth-order valence-electron chi connectivity index (χ4n) is 3.22. The lowest BCUT2D eigenvalue weighted by Crippen LogP contribution is -2.08. The molecular weight excluding hydrogens is 407 g/mol. The van der Waals surface area contributed by atoms with Crippen LogP contribution >= 0.6 is 7.82 Å². The molecule has 5 heteroatoms. The van der Waals surface area contributed by atoms with Crippen LogP contribution in [0.3, 0.4) is 0 Å². The number of phosphoric ester groups is 1. The minimum Gasteiger partial charge on any atom is -0.386 e. The van der Waals surface area contributed by atoms with Crippen molar-refractivity contribution in [1.29, 1.82) is 0 Å². The summed E-state index contributed by atoms with van der Waals surface area (Å²) in [4.78, 5) is 0. The quantitative estimate of drug-likeness (QED) is 0.278. The van der Waals surface area contributed by atoms with Gasteiger partial charge in [-0.25, -0.2) is 0 Å². The number of hydrogen-bond donors (Lipinski definition) is 0. The zero-order valence-electron chi connectivity index (χ0n) is 17.8. The van der Waals surface area contributed by atoms with Gasteiger partial charge in [0.1, 0.15) is 17.2 Å². The van der Waals surface area contributed by atoms with E-state index >= 15 is 0 Å². The Labute approximate surface area is 183 Å². The molecule has 0 aliphatic carbocycles. The van der Waals surface area contributed by atoms with Crippen LogP contribution in [0.1, 0.15) is 30.9 Å². The van der Waals surface area contributed by atoms with Crippen molar-refractivity contribution in [2.45, 2.75) is 26.7 Å². The molecule has 0 aliphatic rings. The topological polar surface area (TPSA) is 44.8 Å². The van der Waals surface area contributed by atoms with Crippen molar-refractivity contribution in [3.05, 3.63) is 102 Å². The zero-order chi connectivity index (χ0) is 21.8. The van der Waals surface area contributed by atoms with Gasteiger partial charge >= 0.3 is 7.82 Å². The molecule has 0 fully saturated rings. The van der Waals surface area contributed by atoms with E-state index in [9.17, 15) is 4.57 Å². The Morgan fingerprint density at radius 1 is 0.677 bits per heavy atom. The van der Waals surface area contributed by atoms with Gasteiger partial charge in [-0.1, -0.05) is 80.1 Å². The molecule has 4 rings (SSSR count). The average molecular weight is 432 g/mol. The summed E-state index contributed by atoms with van der Waals surface area (Å²) in [6.45, 7) is 6.21. The molecule has 0 aromatic heterocycles. The van der Waals surface area contributed by atoms with Gasteiger partial charge in [0.2, 0.25) is 0 Å². The summed E-state index contributed by atoms with van der Waals surface area (Å²) in [6, 6.07) is 28.1. The van der Waals surface area contributed by atoms with Crippen LogP contribution in [0.5, 0.6) is 17.2 Å². The van der Waals surface area contributed by atoms with Crippen molar-refractivity contribution >= 4 is 18.6 Å². The molecule has 4 aromatic carbocycles. The van der Waals surface area contributed by atoms with Gasteiger partial charge in [0, 0.05) is 5.39 Å². The van der Waals surface area contributed by atoms with Crippen LogP contribution in [-0.4, -0.2) is 0 Å². The molecule has 31 heavy (non-hydrogen) atoms. The zero-order valence-corrected chi connectivity index (χ0v) is 18.7. The van der Waals surface area contributed by atoms with Gasteiger partial charge in [-0.2, -0.15) is 4.57 Å². The van der Waals surface area contributed by atoms with Gasteiger partial charge < -0.3 is 13.6 Å².